The van der Waals surface area contributed by atoms with Gasteiger partial charge in [0.1, 0.15) is 5.82 Å². The quantitative estimate of drug-likeness (QED) is 0.850. The average molecular weight is 356 g/mol. The van der Waals surface area contributed by atoms with Gasteiger partial charge < -0.3 is 15.0 Å². The van der Waals surface area contributed by atoms with Crippen LogP contribution in [0.2, 0.25) is 0 Å². The van der Waals surface area contributed by atoms with E-state index < -0.39 is 0 Å². The average Bonchev–Trinajstić information content (AvgIpc) is 2.68. The lowest BCUT2D eigenvalue weighted by molar-refractivity contribution is -0.116. The third kappa shape index (κ3) is 4.82. The van der Waals surface area contributed by atoms with Crippen molar-refractivity contribution < 1.29 is 13.9 Å². The van der Waals surface area contributed by atoms with Crippen LogP contribution >= 0.6 is 0 Å². The third-order valence-electron chi connectivity index (χ3n) is 4.81. The van der Waals surface area contributed by atoms with E-state index in [1.807, 2.05) is 24.3 Å². The largest absolute Gasteiger partial charge is 0.380 e. The highest BCUT2D eigenvalue weighted by Crippen LogP contribution is 2.23. The number of methoxy groups -OCH3 is 1. The second-order valence-corrected chi connectivity index (χ2v) is 6.63. The molecule has 1 amide bonds. The number of nitrogens with zero attached hydrogens (tertiary/aromatic N) is 1. The summed E-state index contributed by atoms with van der Waals surface area (Å²) in [5, 5.41) is 2.88. The molecular weight excluding hydrogens is 331 g/mol. The van der Waals surface area contributed by atoms with Gasteiger partial charge in [0.15, 0.2) is 0 Å². The van der Waals surface area contributed by atoms with Gasteiger partial charge in [-0.1, -0.05) is 18.2 Å². The highest BCUT2D eigenvalue weighted by atomic mass is 19.1. The number of hydrogen-bond acceptors (Lipinski definition) is 3. The Morgan fingerprint density at radius 3 is 2.73 bits per heavy atom. The van der Waals surface area contributed by atoms with Gasteiger partial charge in [0.05, 0.1) is 6.10 Å². The second-order valence-electron chi connectivity index (χ2n) is 6.63. The van der Waals surface area contributed by atoms with E-state index in [0.717, 1.165) is 37.3 Å². The second kappa shape index (κ2) is 8.81. The molecule has 1 atom stereocenters. The number of hydrogen-bond donors (Lipinski definition) is 1. The number of nitrogens with one attached hydrogen (secondary N) is 1. The van der Waals surface area contributed by atoms with E-state index in [-0.39, 0.29) is 24.2 Å². The summed E-state index contributed by atoms with van der Waals surface area (Å²) >= 11 is 0. The molecule has 0 spiro atoms. The highest BCUT2D eigenvalue weighted by Gasteiger charge is 2.19. The molecule has 1 saturated heterocycles. The first kappa shape index (κ1) is 18.4. The molecule has 0 saturated carbocycles. The maximum absolute atomic E-state index is 13.6. The zero-order chi connectivity index (χ0) is 18.4. The van der Waals surface area contributed by atoms with Gasteiger partial charge in [-0.25, -0.2) is 4.39 Å². The number of piperidine rings is 1. The summed E-state index contributed by atoms with van der Waals surface area (Å²) in [5.41, 5.74) is 2.46. The Morgan fingerprint density at radius 2 is 2.00 bits per heavy atom. The van der Waals surface area contributed by atoms with Crippen LogP contribution < -0.4 is 10.2 Å². The summed E-state index contributed by atoms with van der Waals surface area (Å²) < 4.78 is 19.1. The van der Waals surface area contributed by atoms with Crippen molar-refractivity contribution in [2.45, 2.75) is 31.8 Å². The van der Waals surface area contributed by atoms with Gasteiger partial charge in [-0.15, -0.1) is 0 Å². The monoisotopic (exact) mass is 356 g/mol. The van der Waals surface area contributed by atoms with Gasteiger partial charge in [-0.05, 0) is 55.2 Å². The molecule has 2 aromatic rings. The van der Waals surface area contributed by atoms with Crippen molar-refractivity contribution in [3.05, 3.63) is 59.9 Å². The standard InChI is InChI=1S/C21H25FN2O2/c1-26-19-6-4-14-24(15-19)18-11-9-17(10-12-18)23-21(25)13-8-16-5-2-3-7-20(16)22/h2-3,5,7,9-12,19H,4,6,8,13-15H2,1H3,(H,23,25). The van der Waals surface area contributed by atoms with Crippen molar-refractivity contribution in [3.8, 4) is 0 Å². The minimum absolute atomic E-state index is 0.113. The Morgan fingerprint density at radius 1 is 1.23 bits per heavy atom. The molecule has 1 heterocycles. The van der Waals surface area contributed by atoms with Gasteiger partial charge in [-0.3, -0.25) is 4.79 Å². The van der Waals surface area contributed by atoms with Crippen LogP contribution in [-0.2, 0) is 16.0 Å². The lowest BCUT2D eigenvalue weighted by Gasteiger charge is -2.33. The topological polar surface area (TPSA) is 41.6 Å². The third-order valence-corrected chi connectivity index (χ3v) is 4.81. The van der Waals surface area contributed by atoms with Crippen LogP contribution in [0.15, 0.2) is 48.5 Å². The van der Waals surface area contributed by atoms with E-state index in [9.17, 15) is 9.18 Å². The number of aryl methyl sites for hydroxylation is 1. The summed E-state index contributed by atoms with van der Waals surface area (Å²) in [6, 6.07) is 14.4. The number of halogens is 1. The molecule has 0 bridgehead atoms. The van der Waals surface area contributed by atoms with Crippen LogP contribution in [0.3, 0.4) is 0 Å². The smallest absolute Gasteiger partial charge is 0.224 e. The number of amides is 1. The van der Waals surface area contributed by atoms with Crippen LogP contribution in [0, 0.1) is 5.82 Å². The predicted octanol–water partition coefficient (Wildman–Crippen LogP) is 4.01. The maximum atomic E-state index is 13.6. The number of rotatable bonds is 6. The van der Waals surface area contributed by atoms with Crippen molar-refractivity contribution >= 4 is 17.3 Å². The van der Waals surface area contributed by atoms with Gasteiger partial charge in [0, 0.05) is 38.0 Å². The van der Waals surface area contributed by atoms with Crippen molar-refractivity contribution in [2.75, 3.05) is 30.4 Å². The van der Waals surface area contributed by atoms with E-state index >= 15 is 0 Å². The summed E-state index contributed by atoms with van der Waals surface area (Å²) in [6.45, 7) is 1.92. The van der Waals surface area contributed by atoms with Gasteiger partial charge >= 0.3 is 0 Å². The summed E-state index contributed by atoms with van der Waals surface area (Å²) in [4.78, 5) is 14.4. The Kier molecular flexibility index (Phi) is 6.23. The first-order valence-electron chi connectivity index (χ1n) is 9.07. The van der Waals surface area contributed by atoms with Crippen LogP contribution in [0.4, 0.5) is 15.8 Å². The maximum Gasteiger partial charge on any atom is 0.224 e. The molecule has 0 aromatic heterocycles. The highest BCUT2D eigenvalue weighted by molar-refractivity contribution is 5.91. The number of carbonyl (C=O) groups excluding carboxylic acids is 1. The fraction of sp³-hybridized carbons (Fsp3) is 0.381. The van der Waals surface area contributed by atoms with Crippen molar-refractivity contribution in [1.29, 1.82) is 0 Å². The van der Waals surface area contributed by atoms with E-state index in [1.54, 1.807) is 25.3 Å². The fourth-order valence-electron chi connectivity index (χ4n) is 3.29. The lowest BCUT2D eigenvalue weighted by Crippen LogP contribution is -2.39. The summed E-state index contributed by atoms with van der Waals surface area (Å²) in [6.07, 6.45) is 3.14. The van der Waals surface area contributed by atoms with Crippen molar-refractivity contribution in [3.63, 3.8) is 0 Å². The van der Waals surface area contributed by atoms with Crippen molar-refractivity contribution in [2.24, 2.45) is 0 Å². The molecular formula is C21H25FN2O2. The molecule has 1 fully saturated rings. The number of carbonyl (C=O) groups is 1. The Bertz CT molecular complexity index is 733. The SMILES string of the molecule is COC1CCCN(c2ccc(NC(=O)CCc3ccccc3F)cc2)C1. The summed E-state index contributed by atoms with van der Waals surface area (Å²) in [5.74, 6) is -0.376. The van der Waals surface area contributed by atoms with Gasteiger partial charge in [0.2, 0.25) is 5.91 Å². The molecule has 1 unspecified atom stereocenters. The first-order chi connectivity index (χ1) is 12.7. The lowest BCUT2D eigenvalue weighted by atomic mass is 10.1. The molecule has 2 aromatic carbocycles. The minimum Gasteiger partial charge on any atom is -0.380 e. The van der Waals surface area contributed by atoms with Crippen molar-refractivity contribution in [1.82, 2.24) is 0 Å². The fourth-order valence-corrected chi connectivity index (χ4v) is 3.29. The minimum atomic E-state index is -0.263. The molecule has 26 heavy (non-hydrogen) atoms. The van der Waals surface area contributed by atoms with Crippen LogP contribution in [0.1, 0.15) is 24.8 Å². The number of anilines is 2. The van der Waals surface area contributed by atoms with Gasteiger partial charge in [-0.2, -0.15) is 0 Å². The zero-order valence-corrected chi connectivity index (χ0v) is 15.1. The Balaban J connectivity index is 1.52. The van der Waals surface area contributed by atoms with Crippen LogP contribution in [0.5, 0.6) is 0 Å². The molecule has 1 N–H and O–H groups in total. The molecule has 4 nitrogen and oxygen atoms in total. The number of ether oxygens (including phenoxy) is 1. The predicted molar refractivity (Wildman–Crippen MR) is 102 cm³/mol. The Labute approximate surface area is 154 Å². The number of benzene rings is 2. The molecule has 0 radical (unpaired) electrons. The molecule has 1 aliphatic rings. The molecule has 138 valence electrons. The van der Waals surface area contributed by atoms with E-state index in [4.69, 9.17) is 4.74 Å². The van der Waals surface area contributed by atoms with E-state index in [0.29, 0.717) is 12.0 Å². The van der Waals surface area contributed by atoms with Crippen LogP contribution in [-0.4, -0.2) is 32.2 Å². The van der Waals surface area contributed by atoms with E-state index in [2.05, 4.69) is 10.2 Å². The Hall–Kier alpha value is -2.40. The molecule has 0 aliphatic carbocycles. The summed E-state index contributed by atoms with van der Waals surface area (Å²) in [7, 11) is 1.76. The molecule has 1 aliphatic heterocycles. The molecule has 5 heteroatoms. The van der Waals surface area contributed by atoms with Gasteiger partial charge in [0.25, 0.3) is 0 Å². The van der Waals surface area contributed by atoms with E-state index in [1.165, 1.54) is 6.07 Å². The normalized spacial score (nSPS) is 17.2. The first-order valence-corrected chi connectivity index (χ1v) is 9.07. The van der Waals surface area contributed by atoms with Crippen LogP contribution in [0.25, 0.3) is 0 Å². The molecule has 3 rings (SSSR count). The zero-order valence-electron chi connectivity index (χ0n) is 15.1.